The van der Waals surface area contributed by atoms with E-state index in [-0.39, 0.29) is 0 Å². The van der Waals surface area contributed by atoms with Gasteiger partial charge in [-0.25, -0.2) is 0 Å². The molecule has 0 spiro atoms. The first kappa shape index (κ1) is 16.9. The normalized spacial score (nSPS) is 17.4. The van der Waals surface area contributed by atoms with Crippen molar-refractivity contribution in [2.75, 3.05) is 27.4 Å². The van der Waals surface area contributed by atoms with Crippen molar-refractivity contribution < 1.29 is 18.6 Å². The molecule has 0 aliphatic carbocycles. The minimum atomic E-state index is 0.317. The van der Waals surface area contributed by atoms with Crippen molar-refractivity contribution >= 4 is 0 Å². The molecule has 1 aliphatic heterocycles. The van der Waals surface area contributed by atoms with Crippen LogP contribution in [0.25, 0.3) is 0 Å². The van der Waals surface area contributed by atoms with Gasteiger partial charge in [-0.1, -0.05) is 6.07 Å². The Balaban J connectivity index is 1.72. The predicted octanol–water partition coefficient (Wildman–Crippen LogP) is 3.48. The Morgan fingerprint density at radius 3 is 2.58 bits per heavy atom. The highest BCUT2D eigenvalue weighted by atomic mass is 16.5. The van der Waals surface area contributed by atoms with E-state index in [0.717, 1.165) is 50.6 Å². The third-order valence-electron chi connectivity index (χ3n) is 4.33. The van der Waals surface area contributed by atoms with Crippen molar-refractivity contribution in [2.45, 2.75) is 32.0 Å². The quantitative estimate of drug-likeness (QED) is 0.741. The average molecular weight is 331 g/mol. The minimum absolute atomic E-state index is 0.317. The summed E-state index contributed by atoms with van der Waals surface area (Å²) in [7, 11) is 3.32. The molecule has 5 heteroatoms. The molecule has 1 saturated heterocycles. The molecule has 1 fully saturated rings. The maximum Gasteiger partial charge on any atom is 0.161 e. The van der Waals surface area contributed by atoms with Crippen LogP contribution in [0.4, 0.5) is 0 Å². The number of nitrogens with zero attached hydrogens (tertiary/aromatic N) is 1. The molecule has 130 valence electrons. The zero-order valence-electron chi connectivity index (χ0n) is 14.4. The Morgan fingerprint density at radius 2 is 1.92 bits per heavy atom. The van der Waals surface area contributed by atoms with Gasteiger partial charge in [0, 0.05) is 31.8 Å². The van der Waals surface area contributed by atoms with E-state index in [0.29, 0.717) is 6.10 Å². The van der Waals surface area contributed by atoms with Gasteiger partial charge in [-0.05, 0) is 36.6 Å². The largest absolute Gasteiger partial charge is 0.493 e. The van der Waals surface area contributed by atoms with Crippen LogP contribution < -0.4 is 9.47 Å². The number of hydrogen-bond acceptors (Lipinski definition) is 5. The smallest absolute Gasteiger partial charge is 0.161 e. The lowest BCUT2D eigenvalue weighted by molar-refractivity contribution is 0.0678. The second-order valence-corrected chi connectivity index (χ2v) is 6.13. The van der Waals surface area contributed by atoms with Crippen molar-refractivity contribution in [1.82, 2.24) is 4.90 Å². The Labute approximate surface area is 143 Å². The fourth-order valence-electron chi connectivity index (χ4n) is 3.14. The molecule has 0 N–H and O–H groups in total. The van der Waals surface area contributed by atoms with E-state index in [1.165, 1.54) is 11.1 Å². The zero-order valence-corrected chi connectivity index (χ0v) is 14.4. The summed E-state index contributed by atoms with van der Waals surface area (Å²) >= 11 is 0. The maximum atomic E-state index is 5.81. The van der Waals surface area contributed by atoms with Gasteiger partial charge >= 0.3 is 0 Å². The van der Waals surface area contributed by atoms with Gasteiger partial charge in [-0.2, -0.15) is 0 Å². The van der Waals surface area contributed by atoms with Crippen molar-refractivity contribution in [3.05, 3.63) is 47.9 Å². The number of benzene rings is 1. The molecule has 0 radical (unpaired) electrons. The van der Waals surface area contributed by atoms with E-state index < -0.39 is 0 Å². The molecule has 0 saturated carbocycles. The average Bonchev–Trinajstić information content (AvgIpc) is 3.28. The molecular formula is C19H25NO4. The lowest BCUT2D eigenvalue weighted by Gasteiger charge is -2.25. The van der Waals surface area contributed by atoms with Crippen LogP contribution >= 0.6 is 0 Å². The van der Waals surface area contributed by atoms with Crippen molar-refractivity contribution in [3.63, 3.8) is 0 Å². The first-order valence-electron chi connectivity index (χ1n) is 8.34. The summed E-state index contributed by atoms with van der Waals surface area (Å²) in [6, 6.07) is 8.09. The Hall–Kier alpha value is -1.98. The number of rotatable bonds is 8. The summed E-state index contributed by atoms with van der Waals surface area (Å²) in [5, 5.41) is 0. The number of furan rings is 1. The highest BCUT2D eigenvalue weighted by molar-refractivity contribution is 5.42. The molecule has 5 nitrogen and oxygen atoms in total. The SMILES string of the molecule is COc1ccc(CN(Cc2ccoc2)C[C@@H]2CCCO2)cc1OC. The first-order chi connectivity index (χ1) is 11.8. The molecule has 2 heterocycles. The second-order valence-electron chi connectivity index (χ2n) is 6.13. The molecule has 1 aromatic heterocycles. The fraction of sp³-hybridized carbons (Fsp3) is 0.474. The van der Waals surface area contributed by atoms with Gasteiger partial charge in [-0.15, -0.1) is 0 Å². The van der Waals surface area contributed by atoms with Crippen molar-refractivity contribution in [1.29, 1.82) is 0 Å². The first-order valence-corrected chi connectivity index (χ1v) is 8.34. The molecule has 2 aromatic rings. The summed E-state index contributed by atoms with van der Waals surface area (Å²) < 4.78 is 21.8. The third-order valence-corrected chi connectivity index (χ3v) is 4.33. The Kier molecular flexibility index (Phi) is 5.77. The van der Waals surface area contributed by atoms with Crippen LogP contribution in [0.15, 0.2) is 41.2 Å². The zero-order chi connectivity index (χ0) is 16.8. The van der Waals surface area contributed by atoms with Crippen LogP contribution in [0.1, 0.15) is 24.0 Å². The number of hydrogen-bond donors (Lipinski definition) is 0. The summed E-state index contributed by atoms with van der Waals surface area (Å²) in [6.07, 6.45) is 6.12. The monoisotopic (exact) mass is 331 g/mol. The fourth-order valence-corrected chi connectivity index (χ4v) is 3.14. The molecule has 1 aliphatic rings. The van der Waals surface area contributed by atoms with Crippen molar-refractivity contribution in [2.24, 2.45) is 0 Å². The third kappa shape index (κ3) is 4.30. The molecule has 0 amide bonds. The van der Waals surface area contributed by atoms with Crippen LogP contribution in [0.2, 0.25) is 0 Å². The summed E-state index contributed by atoms with van der Waals surface area (Å²) in [5.74, 6) is 1.51. The van der Waals surface area contributed by atoms with Crippen LogP contribution in [-0.4, -0.2) is 38.4 Å². The molecule has 1 aromatic carbocycles. The van der Waals surface area contributed by atoms with Crippen LogP contribution in [-0.2, 0) is 17.8 Å². The highest BCUT2D eigenvalue weighted by Crippen LogP contribution is 2.28. The lowest BCUT2D eigenvalue weighted by Crippen LogP contribution is -2.31. The van der Waals surface area contributed by atoms with Gasteiger partial charge in [0.1, 0.15) is 0 Å². The summed E-state index contributed by atoms with van der Waals surface area (Å²) in [4.78, 5) is 2.39. The highest BCUT2D eigenvalue weighted by Gasteiger charge is 2.20. The predicted molar refractivity (Wildman–Crippen MR) is 91.3 cm³/mol. The van der Waals surface area contributed by atoms with Crippen LogP contribution in [0, 0.1) is 0 Å². The van der Waals surface area contributed by atoms with Crippen molar-refractivity contribution in [3.8, 4) is 11.5 Å². The number of methoxy groups -OCH3 is 2. The van der Waals surface area contributed by atoms with E-state index in [1.807, 2.05) is 18.2 Å². The second kappa shape index (κ2) is 8.22. The molecule has 3 rings (SSSR count). The van der Waals surface area contributed by atoms with E-state index in [4.69, 9.17) is 18.6 Å². The lowest BCUT2D eigenvalue weighted by atomic mass is 10.1. The number of ether oxygens (including phenoxy) is 3. The van der Waals surface area contributed by atoms with Crippen LogP contribution in [0.3, 0.4) is 0 Å². The van der Waals surface area contributed by atoms with E-state index >= 15 is 0 Å². The van der Waals surface area contributed by atoms with Gasteiger partial charge in [0.05, 0.1) is 32.8 Å². The molecule has 1 atom stereocenters. The summed E-state index contributed by atoms with van der Waals surface area (Å²) in [6.45, 7) is 3.45. The van der Waals surface area contributed by atoms with Gasteiger partial charge < -0.3 is 18.6 Å². The van der Waals surface area contributed by atoms with Gasteiger partial charge in [0.25, 0.3) is 0 Å². The minimum Gasteiger partial charge on any atom is -0.493 e. The Morgan fingerprint density at radius 1 is 1.08 bits per heavy atom. The van der Waals surface area contributed by atoms with E-state index in [9.17, 15) is 0 Å². The van der Waals surface area contributed by atoms with E-state index in [2.05, 4.69) is 11.0 Å². The van der Waals surface area contributed by atoms with Gasteiger partial charge in [-0.3, -0.25) is 4.90 Å². The maximum absolute atomic E-state index is 5.81. The summed E-state index contributed by atoms with van der Waals surface area (Å²) in [5.41, 5.74) is 2.36. The van der Waals surface area contributed by atoms with E-state index in [1.54, 1.807) is 26.7 Å². The molecular weight excluding hydrogens is 306 g/mol. The molecule has 0 bridgehead atoms. The van der Waals surface area contributed by atoms with Crippen LogP contribution in [0.5, 0.6) is 11.5 Å². The Bertz CT molecular complexity index is 620. The standard InChI is InChI=1S/C19H25NO4/c1-21-18-6-5-15(10-19(18)22-2)11-20(12-16-7-9-23-14-16)13-17-4-3-8-24-17/h5-7,9-10,14,17H,3-4,8,11-13H2,1-2H3/t17-/m0/s1. The molecule has 0 unspecified atom stereocenters. The topological polar surface area (TPSA) is 44.1 Å². The van der Waals surface area contributed by atoms with Gasteiger partial charge in [0.15, 0.2) is 11.5 Å². The molecule has 24 heavy (non-hydrogen) atoms. The van der Waals surface area contributed by atoms with Gasteiger partial charge in [0.2, 0.25) is 0 Å².